The summed E-state index contributed by atoms with van der Waals surface area (Å²) in [6, 6.07) is 2.06. The summed E-state index contributed by atoms with van der Waals surface area (Å²) < 4.78 is 4.00. The Bertz CT molecular complexity index is 884. The fourth-order valence-corrected chi connectivity index (χ4v) is 3.42. The Morgan fingerprint density at radius 2 is 2.28 bits per heavy atom. The van der Waals surface area contributed by atoms with Crippen LogP contribution in [-0.4, -0.2) is 55.1 Å². The summed E-state index contributed by atoms with van der Waals surface area (Å²) in [5.41, 5.74) is 2.49. The molecule has 130 valence electrons. The molecule has 1 N–H and O–H groups in total. The average molecular weight is 339 g/mol. The van der Waals surface area contributed by atoms with E-state index in [2.05, 4.69) is 29.7 Å². The molecule has 0 spiro atoms. The molecule has 25 heavy (non-hydrogen) atoms. The van der Waals surface area contributed by atoms with Gasteiger partial charge in [0, 0.05) is 38.7 Å². The van der Waals surface area contributed by atoms with Crippen LogP contribution in [0.15, 0.2) is 37.1 Å². The van der Waals surface area contributed by atoms with Gasteiger partial charge in [-0.25, -0.2) is 4.98 Å². The van der Waals surface area contributed by atoms with Crippen molar-refractivity contribution in [3.05, 3.63) is 48.4 Å². The van der Waals surface area contributed by atoms with Gasteiger partial charge in [0.2, 0.25) is 0 Å². The molecule has 3 aromatic heterocycles. The SMILES string of the molecule is CNC(=O)c1ccn(C2CCCN(Cc3cnc4cnccn34)C2)n1. The maximum absolute atomic E-state index is 11.7. The normalized spacial score (nSPS) is 18.5. The first-order valence-corrected chi connectivity index (χ1v) is 8.50. The van der Waals surface area contributed by atoms with Crippen molar-refractivity contribution >= 4 is 11.6 Å². The predicted molar refractivity (Wildman–Crippen MR) is 92.2 cm³/mol. The summed E-state index contributed by atoms with van der Waals surface area (Å²) >= 11 is 0. The summed E-state index contributed by atoms with van der Waals surface area (Å²) in [7, 11) is 1.62. The highest BCUT2D eigenvalue weighted by Crippen LogP contribution is 2.22. The van der Waals surface area contributed by atoms with E-state index in [9.17, 15) is 4.79 Å². The summed E-state index contributed by atoms with van der Waals surface area (Å²) in [4.78, 5) is 22.6. The van der Waals surface area contributed by atoms with Gasteiger partial charge in [-0.2, -0.15) is 5.10 Å². The number of nitrogens with one attached hydrogen (secondary N) is 1. The first-order valence-electron chi connectivity index (χ1n) is 8.50. The van der Waals surface area contributed by atoms with Gasteiger partial charge in [-0.3, -0.25) is 23.8 Å². The number of amides is 1. The molecule has 0 saturated carbocycles. The number of carbonyl (C=O) groups excluding carboxylic acids is 1. The fourth-order valence-electron chi connectivity index (χ4n) is 3.42. The number of carbonyl (C=O) groups is 1. The number of piperidine rings is 1. The maximum Gasteiger partial charge on any atom is 0.271 e. The highest BCUT2D eigenvalue weighted by Gasteiger charge is 2.23. The van der Waals surface area contributed by atoms with E-state index in [4.69, 9.17) is 0 Å². The molecule has 1 aliphatic heterocycles. The molecule has 0 radical (unpaired) electrons. The van der Waals surface area contributed by atoms with Crippen LogP contribution in [0.3, 0.4) is 0 Å². The van der Waals surface area contributed by atoms with Crippen molar-refractivity contribution in [2.45, 2.75) is 25.4 Å². The Labute approximate surface area is 145 Å². The zero-order valence-corrected chi connectivity index (χ0v) is 14.2. The maximum atomic E-state index is 11.7. The molecule has 1 aliphatic rings. The smallest absolute Gasteiger partial charge is 0.271 e. The van der Waals surface area contributed by atoms with Gasteiger partial charge in [0.05, 0.1) is 24.1 Å². The largest absolute Gasteiger partial charge is 0.354 e. The van der Waals surface area contributed by atoms with E-state index in [0.717, 1.165) is 43.8 Å². The van der Waals surface area contributed by atoms with E-state index >= 15 is 0 Å². The van der Waals surface area contributed by atoms with Crippen molar-refractivity contribution < 1.29 is 4.79 Å². The summed E-state index contributed by atoms with van der Waals surface area (Å²) in [5.74, 6) is -0.147. The minimum Gasteiger partial charge on any atom is -0.354 e. The van der Waals surface area contributed by atoms with Crippen molar-refractivity contribution in [3.63, 3.8) is 0 Å². The van der Waals surface area contributed by atoms with Crippen LogP contribution in [0.25, 0.3) is 5.65 Å². The van der Waals surface area contributed by atoms with Gasteiger partial charge in [-0.15, -0.1) is 0 Å². The van der Waals surface area contributed by atoms with E-state index in [1.54, 1.807) is 25.5 Å². The summed E-state index contributed by atoms with van der Waals surface area (Å²) in [6.07, 6.45) is 11.5. The van der Waals surface area contributed by atoms with Crippen LogP contribution in [0.4, 0.5) is 0 Å². The average Bonchev–Trinajstić information content (AvgIpc) is 3.29. The second-order valence-electron chi connectivity index (χ2n) is 6.35. The third-order valence-electron chi connectivity index (χ3n) is 4.70. The van der Waals surface area contributed by atoms with Crippen LogP contribution in [0.5, 0.6) is 0 Å². The first-order chi connectivity index (χ1) is 12.2. The minimum atomic E-state index is -0.147. The summed E-state index contributed by atoms with van der Waals surface area (Å²) in [6.45, 7) is 2.80. The molecule has 4 heterocycles. The first kappa shape index (κ1) is 15.8. The van der Waals surface area contributed by atoms with Gasteiger partial charge < -0.3 is 5.32 Å². The third kappa shape index (κ3) is 3.12. The lowest BCUT2D eigenvalue weighted by atomic mass is 10.1. The van der Waals surface area contributed by atoms with Crippen molar-refractivity contribution in [1.82, 2.24) is 34.4 Å². The molecule has 1 unspecified atom stereocenters. The third-order valence-corrected chi connectivity index (χ3v) is 4.70. The topological polar surface area (TPSA) is 80.4 Å². The number of hydrogen-bond donors (Lipinski definition) is 1. The molecule has 1 fully saturated rings. The highest BCUT2D eigenvalue weighted by atomic mass is 16.1. The van der Waals surface area contributed by atoms with Gasteiger partial charge in [-0.1, -0.05) is 0 Å². The lowest BCUT2D eigenvalue weighted by Crippen LogP contribution is -2.36. The van der Waals surface area contributed by atoms with E-state index in [1.807, 2.05) is 23.3 Å². The van der Waals surface area contributed by atoms with Crippen LogP contribution < -0.4 is 5.32 Å². The van der Waals surface area contributed by atoms with Crippen LogP contribution in [-0.2, 0) is 6.54 Å². The molecule has 0 aliphatic carbocycles. The zero-order chi connectivity index (χ0) is 17.2. The quantitative estimate of drug-likeness (QED) is 0.770. The molecule has 4 rings (SSSR count). The molecule has 0 aromatic carbocycles. The molecule has 1 amide bonds. The van der Waals surface area contributed by atoms with E-state index in [0.29, 0.717) is 5.69 Å². The van der Waals surface area contributed by atoms with E-state index < -0.39 is 0 Å². The number of rotatable bonds is 4. The summed E-state index contributed by atoms with van der Waals surface area (Å²) in [5, 5.41) is 7.05. The molecule has 1 saturated heterocycles. The van der Waals surface area contributed by atoms with Crippen LogP contribution in [0.2, 0.25) is 0 Å². The van der Waals surface area contributed by atoms with Crippen molar-refractivity contribution in [2.24, 2.45) is 0 Å². The fraction of sp³-hybridized carbons (Fsp3) is 0.412. The van der Waals surface area contributed by atoms with Crippen molar-refractivity contribution in [2.75, 3.05) is 20.1 Å². The second kappa shape index (κ2) is 6.64. The van der Waals surface area contributed by atoms with E-state index in [1.165, 1.54) is 0 Å². The predicted octanol–water partition coefficient (Wildman–Crippen LogP) is 1.12. The number of imidazole rings is 1. The Morgan fingerprint density at radius 3 is 3.16 bits per heavy atom. The van der Waals surface area contributed by atoms with E-state index in [-0.39, 0.29) is 11.9 Å². The molecule has 1 atom stereocenters. The van der Waals surface area contributed by atoms with Gasteiger partial charge in [-0.05, 0) is 25.5 Å². The van der Waals surface area contributed by atoms with Crippen molar-refractivity contribution in [3.8, 4) is 0 Å². The molecule has 3 aromatic rings. The molecular formula is C17H21N7O. The van der Waals surface area contributed by atoms with Crippen molar-refractivity contribution in [1.29, 1.82) is 0 Å². The van der Waals surface area contributed by atoms with Gasteiger partial charge in [0.15, 0.2) is 5.65 Å². The Morgan fingerprint density at radius 1 is 1.36 bits per heavy atom. The van der Waals surface area contributed by atoms with Crippen LogP contribution >= 0.6 is 0 Å². The van der Waals surface area contributed by atoms with Gasteiger partial charge in [0.25, 0.3) is 5.91 Å². The Hall–Kier alpha value is -2.74. The standard InChI is InChI=1S/C17H21N7O/c1-18-17(25)15-4-7-24(21-15)13-3-2-6-22(11-13)12-14-9-20-16-10-19-5-8-23(14)16/h4-5,7-10,13H,2-3,6,11-12H2,1H3,(H,18,25). The minimum absolute atomic E-state index is 0.147. The number of likely N-dealkylation sites (tertiary alicyclic amines) is 1. The molecule has 8 heteroatoms. The number of nitrogens with zero attached hydrogens (tertiary/aromatic N) is 6. The van der Waals surface area contributed by atoms with Crippen LogP contribution in [0.1, 0.15) is 35.1 Å². The lowest BCUT2D eigenvalue weighted by molar-refractivity contribution is 0.0955. The number of hydrogen-bond acceptors (Lipinski definition) is 5. The lowest BCUT2D eigenvalue weighted by Gasteiger charge is -2.32. The molecule has 8 nitrogen and oxygen atoms in total. The van der Waals surface area contributed by atoms with Gasteiger partial charge in [0.1, 0.15) is 5.69 Å². The van der Waals surface area contributed by atoms with Crippen LogP contribution in [0, 0.1) is 0 Å². The van der Waals surface area contributed by atoms with Gasteiger partial charge >= 0.3 is 0 Å². The molecule has 0 bridgehead atoms. The second-order valence-corrected chi connectivity index (χ2v) is 6.35. The monoisotopic (exact) mass is 339 g/mol. The zero-order valence-electron chi connectivity index (χ0n) is 14.2. The Balaban J connectivity index is 1.47. The number of fused-ring (bicyclic) bond motifs is 1. The highest BCUT2D eigenvalue weighted by molar-refractivity contribution is 5.91. The Kier molecular flexibility index (Phi) is 4.19. The number of aromatic nitrogens is 5. The molecular weight excluding hydrogens is 318 g/mol.